The van der Waals surface area contributed by atoms with Crippen LogP contribution in [0.2, 0.25) is 0 Å². The average Bonchev–Trinajstić information content (AvgIpc) is 3.04. The summed E-state index contributed by atoms with van der Waals surface area (Å²) in [6, 6.07) is 7.86. The molecule has 0 aromatic heterocycles. The molecule has 1 unspecified atom stereocenters. The van der Waals surface area contributed by atoms with Crippen molar-refractivity contribution in [1.82, 2.24) is 0 Å². The Hall–Kier alpha value is -0.830. The van der Waals surface area contributed by atoms with Crippen molar-refractivity contribution < 1.29 is 9.90 Å². The minimum absolute atomic E-state index is 0.345. The predicted octanol–water partition coefficient (Wildman–Crippen LogP) is 3.49. The highest BCUT2D eigenvalue weighted by molar-refractivity contribution is 9.10. The van der Waals surface area contributed by atoms with Crippen LogP contribution < -0.4 is 0 Å². The van der Waals surface area contributed by atoms with Crippen molar-refractivity contribution in [3.05, 3.63) is 34.3 Å². The van der Waals surface area contributed by atoms with Gasteiger partial charge in [-0.2, -0.15) is 0 Å². The third-order valence-corrected chi connectivity index (χ3v) is 4.26. The van der Waals surface area contributed by atoms with Crippen LogP contribution in [0.15, 0.2) is 28.7 Å². The molecule has 2 rings (SSSR count). The lowest BCUT2D eigenvalue weighted by Crippen LogP contribution is -2.32. The van der Waals surface area contributed by atoms with E-state index in [4.69, 9.17) is 0 Å². The molecular formula is C13H15BrO2. The Morgan fingerprint density at radius 1 is 1.50 bits per heavy atom. The van der Waals surface area contributed by atoms with Gasteiger partial charge in [0.05, 0.1) is 5.41 Å². The van der Waals surface area contributed by atoms with Gasteiger partial charge in [0.1, 0.15) is 0 Å². The Morgan fingerprint density at radius 3 is 2.62 bits per heavy atom. The molecule has 0 spiro atoms. The maximum absolute atomic E-state index is 11.4. The number of rotatable bonds is 4. The quantitative estimate of drug-likeness (QED) is 0.918. The van der Waals surface area contributed by atoms with Crippen molar-refractivity contribution in [3.63, 3.8) is 0 Å². The minimum atomic E-state index is -0.675. The van der Waals surface area contributed by atoms with E-state index in [9.17, 15) is 9.90 Å². The van der Waals surface area contributed by atoms with Crippen molar-refractivity contribution in [1.29, 1.82) is 0 Å². The molecule has 1 N–H and O–H groups in total. The zero-order valence-electron chi connectivity index (χ0n) is 9.24. The largest absolute Gasteiger partial charge is 0.481 e. The number of carbonyl (C=O) groups is 1. The molecule has 86 valence electrons. The van der Waals surface area contributed by atoms with Crippen LogP contribution in [-0.4, -0.2) is 11.1 Å². The van der Waals surface area contributed by atoms with Crippen LogP contribution >= 0.6 is 15.9 Å². The average molecular weight is 283 g/mol. The van der Waals surface area contributed by atoms with Gasteiger partial charge in [0.2, 0.25) is 0 Å². The van der Waals surface area contributed by atoms with Crippen molar-refractivity contribution in [2.24, 2.45) is 11.3 Å². The van der Waals surface area contributed by atoms with Gasteiger partial charge in [-0.25, -0.2) is 0 Å². The lowest BCUT2D eigenvalue weighted by Gasteiger charge is -2.25. The Labute approximate surface area is 104 Å². The van der Waals surface area contributed by atoms with E-state index in [-0.39, 0.29) is 0 Å². The molecule has 1 atom stereocenters. The van der Waals surface area contributed by atoms with E-state index in [1.165, 1.54) is 0 Å². The second kappa shape index (κ2) is 4.21. The van der Waals surface area contributed by atoms with Gasteiger partial charge in [0.25, 0.3) is 0 Å². The molecule has 0 saturated heterocycles. The van der Waals surface area contributed by atoms with E-state index in [1.54, 1.807) is 0 Å². The van der Waals surface area contributed by atoms with Crippen molar-refractivity contribution in [2.75, 3.05) is 0 Å². The van der Waals surface area contributed by atoms with Gasteiger partial charge >= 0.3 is 5.97 Å². The van der Waals surface area contributed by atoms with Gasteiger partial charge in [-0.1, -0.05) is 34.1 Å². The number of benzene rings is 1. The predicted molar refractivity (Wildman–Crippen MR) is 66.3 cm³/mol. The first-order valence-corrected chi connectivity index (χ1v) is 6.30. The van der Waals surface area contributed by atoms with E-state index in [1.807, 2.05) is 31.2 Å². The fourth-order valence-corrected chi connectivity index (χ4v) is 2.58. The molecular weight excluding hydrogens is 268 g/mol. The highest BCUT2D eigenvalue weighted by atomic mass is 79.9. The van der Waals surface area contributed by atoms with Crippen LogP contribution in [0, 0.1) is 11.3 Å². The fraction of sp³-hybridized carbons (Fsp3) is 0.462. The summed E-state index contributed by atoms with van der Waals surface area (Å²) in [5, 5.41) is 9.38. The van der Waals surface area contributed by atoms with Crippen LogP contribution in [0.1, 0.15) is 25.3 Å². The zero-order valence-corrected chi connectivity index (χ0v) is 10.8. The Bertz CT molecular complexity index is 412. The smallest absolute Gasteiger partial charge is 0.309 e. The van der Waals surface area contributed by atoms with E-state index in [0.29, 0.717) is 12.3 Å². The van der Waals surface area contributed by atoms with Gasteiger partial charge in [-0.3, -0.25) is 4.79 Å². The summed E-state index contributed by atoms with van der Waals surface area (Å²) in [5.41, 5.74) is 0.475. The standard InChI is InChI=1S/C13H15BrO2/c1-13(12(15)16,10-6-7-10)8-9-4-2-3-5-11(9)14/h2-5,10H,6-8H2,1H3,(H,15,16). The van der Waals surface area contributed by atoms with Crippen LogP contribution in [0.25, 0.3) is 0 Å². The van der Waals surface area contributed by atoms with Crippen molar-refractivity contribution >= 4 is 21.9 Å². The second-order valence-electron chi connectivity index (χ2n) is 4.77. The molecule has 0 aliphatic heterocycles. The Morgan fingerprint density at radius 2 is 2.12 bits per heavy atom. The van der Waals surface area contributed by atoms with Gasteiger partial charge in [0.15, 0.2) is 0 Å². The molecule has 0 bridgehead atoms. The Kier molecular flexibility index (Phi) is 3.06. The molecule has 16 heavy (non-hydrogen) atoms. The number of carboxylic acids is 1. The van der Waals surface area contributed by atoms with E-state index >= 15 is 0 Å². The lowest BCUT2D eigenvalue weighted by atomic mass is 9.79. The normalized spacial score (nSPS) is 19.1. The van der Waals surface area contributed by atoms with E-state index < -0.39 is 11.4 Å². The maximum atomic E-state index is 11.4. The number of aliphatic carboxylic acids is 1. The summed E-state index contributed by atoms with van der Waals surface area (Å²) in [5.74, 6) is -0.331. The van der Waals surface area contributed by atoms with Crippen LogP contribution in [0.4, 0.5) is 0 Å². The summed E-state index contributed by atoms with van der Waals surface area (Å²) in [7, 11) is 0. The molecule has 1 aliphatic rings. The fourth-order valence-electron chi connectivity index (χ4n) is 2.15. The van der Waals surface area contributed by atoms with Crippen LogP contribution in [0.5, 0.6) is 0 Å². The third-order valence-electron chi connectivity index (χ3n) is 3.48. The van der Waals surface area contributed by atoms with Gasteiger partial charge in [0, 0.05) is 4.47 Å². The molecule has 3 heteroatoms. The molecule has 1 aromatic carbocycles. The molecule has 0 radical (unpaired) electrons. The second-order valence-corrected chi connectivity index (χ2v) is 5.62. The van der Waals surface area contributed by atoms with Crippen molar-refractivity contribution in [2.45, 2.75) is 26.2 Å². The summed E-state index contributed by atoms with van der Waals surface area (Å²) < 4.78 is 1.00. The maximum Gasteiger partial charge on any atom is 0.309 e. The van der Waals surface area contributed by atoms with Gasteiger partial charge < -0.3 is 5.11 Å². The number of halogens is 1. The summed E-state index contributed by atoms with van der Waals surface area (Å²) in [4.78, 5) is 11.4. The first kappa shape index (κ1) is 11.6. The topological polar surface area (TPSA) is 37.3 Å². The molecule has 2 nitrogen and oxygen atoms in total. The number of carboxylic acid groups (broad SMARTS) is 1. The van der Waals surface area contributed by atoms with Gasteiger partial charge in [-0.15, -0.1) is 0 Å². The highest BCUT2D eigenvalue weighted by Gasteiger charge is 2.47. The first-order chi connectivity index (χ1) is 7.54. The first-order valence-electron chi connectivity index (χ1n) is 5.51. The van der Waals surface area contributed by atoms with Crippen LogP contribution in [0.3, 0.4) is 0 Å². The molecule has 1 fully saturated rings. The SMILES string of the molecule is CC(Cc1ccccc1Br)(C(=O)O)C1CC1. The molecule has 1 aliphatic carbocycles. The van der Waals surface area contributed by atoms with E-state index in [2.05, 4.69) is 15.9 Å². The lowest BCUT2D eigenvalue weighted by molar-refractivity contribution is -0.149. The van der Waals surface area contributed by atoms with Gasteiger partial charge in [-0.05, 0) is 43.7 Å². The third kappa shape index (κ3) is 2.14. The summed E-state index contributed by atoms with van der Waals surface area (Å²) >= 11 is 3.47. The molecule has 0 heterocycles. The zero-order chi connectivity index (χ0) is 11.8. The van der Waals surface area contributed by atoms with Crippen molar-refractivity contribution in [3.8, 4) is 0 Å². The summed E-state index contributed by atoms with van der Waals surface area (Å²) in [6.07, 6.45) is 2.70. The number of hydrogen-bond donors (Lipinski definition) is 1. The summed E-state index contributed by atoms with van der Waals surface area (Å²) in [6.45, 7) is 1.87. The van der Waals surface area contributed by atoms with Crippen LogP contribution in [-0.2, 0) is 11.2 Å². The number of hydrogen-bond acceptors (Lipinski definition) is 1. The molecule has 1 aromatic rings. The Balaban J connectivity index is 2.24. The highest BCUT2D eigenvalue weighted by Crippen LogP contribution is 2.48. The molecule has 1 saturated carbocycles. The monoisotopic (exact) mass is 282 g/mol. The minimum Gasteiger partial charge on any atom is -0.481 e. The molecule has 0 amide bonds. The van der Waals surface area contributed by atoms with E-state index in [0.717, 1.165) is 22.9 Å².